The van der Waals surface area contributed by atoms with Gasteiger partial charge in [-0.3, -0.25) is 4.79 Å². The van der Waals surface area contributed by atoms with Crippen LogP contribution in [0.4, 0.5) is 0 Å². The number of aliphatic carboxylic acids is 1. The van der Waals surface area contributed by atoms with E-state index in [1.54, 1.807) is 0 Å². The first-order valence-corrected chi connectivity index (χ1v) is 9.47. The zero-order chi connectivity index (χ0) is 15.6. The van der Waals surface area contributed by atoms with E-state index in [0.717, 1.165) is 11.2 Å². The van der Waals surface area contributed by atoms with Crippen molar-refractivity contribution in [3.05, 3.63) is 0 Å². The van der Waals surface area contributed by atoms with Crippen molar-refractivity contribution >= 4 is 26.0 Å². The molecular weight excluding hydrogens is 308 g/mol. The molecule has 1 aliphatic heterocycles. The van der Waals surface area contributed by atoms with E-state index in [0.29, 0.717) is 12.8 Å². The van der Waals surface area contributed by atoms with Gasteiger partial charge in [0.2, 0.25) is 20.0 Å². The number of hydrogen-bond acceptors (Lipinski definition) is 5. The van der Waals surface area contributed by atoms with Crippen LogP contribution in [0.15, 0.2) is 0 Å². The Balaban J connectivity index is 2.65. The number of rotatable bonds is 6. The van der Waals surface area contributed by atoms with Crippen LogP contribution in [-0.2, 0) is 24.8 Å². The number of carboxylic acids is 1. The highest BCUT2D eigenvalue weighted by molar-refractivity contribution is 7.90. The third kappa shape index (κ3) is 4.14. The third-order valence-corrected chi connectivity index (χ3v) is 6.97. The summed E-state index contributed by atoms with van der Waals surface area (Å²) in [6.07, 6.45) is 0.676. The second-order valence-corrected chi connectivity index (χ2v) is 9.02. The van der Waals surface area contributed by atoms with Gasteiger partial charge in [0.25, 0.3) is 0 Å². The first-order chi connectivity index (χ1) is 9.10. The lowest BCUT2D eigenvalue weighted by molar-refractivity contribution is -0.136. The maximum atomic E-state index is 12.0. The van der Waals surface area contributed by atoms with E-state index >= 15 is 0 Å². The molecule has 1 unspecified atom stereocenters. The zero-order valence-corrected chi connectivity index (χ0v) is 13.1. The molecule has 2 N–H and O–H groups in total. The lowest BCUT2D eigenvalue weighted by Gasteiger charge is -2.32. The van der Waals surface area contributed by atoms with E-state index in [2.05, 4.69) is 4.72 Å². The Hall–Kier alpha value is -0.710. The van der Waals surface area contributed by atoms with Gasteiger partial charge in [-0.2, -0.15) is 0 Å². The van der Waals surface area contributed by atoms with Crippen molar-refractivity contribution in [1.82, 2.24) is 9.03 Å². The summed E-state index contributed by atoms with van der Waals surface area (Å²) >= 11 is 0. The molecule has 0 aromatic carbocycles. The maximum Gasteiger partial charge on any atom is 0.323 e. The van der Waals surface area contributed by atoms with Gasteiger partial charge in [0.1, 0.15) is 0 Å². The second kappa shape index (κ2) is 6.37. The molecule has 118 valence electrons. The summed E-state index contributed by atoms with van der Waals surface area (Å²) < 4.78 is 50.4. The summed E-state index contributed by atoms with van der Waals surface area (Å²) in [5, 5.41) is 7.29. The Bertz CT molecular complexity index is 548. The molecule has 1 fully saturated rings. The molecule has 0 spiro atoms. The van der Waals surface area contributed by atoms with Gasteiger partial charge < -0.3 is 5.11 Å². The van der Waals surface area contributed by atoms with Crippen LogP contribution >= 0.6 is 0 Å². The van der Waals surface area contributed by atoms with Crippen molar-refractivity contribution in [3.63, 3.8) is 0 Å². The highest BCUT2D eigenvalue weighted by Gasteiger charge is 2.36. The van der Waals surface area contributed by atoms with Gasteiger partial charge in [-0.25, -0.2) is 25.9 Å². The predicted molar refractivity (Wildman–Crippen MR) is 73.2 cm³/mol. The molecule has 0 amide bonds. The highest BCUT2D eigenvalue weighted by atomic mass is 32.2. The molecule has 1 saturated heterocycles. The van der Waals surface area contributed by atoms with Crippen molar-refractivity contribution in [1.29, 1.82) is 0 Å². The van der Waals surface area contributed by atoms with Crippen LogP contribution in [0.2, 0.25) is 0 Å². The van der Waals surface area contributed by atoms with Crippen LogP contribution in [0.5, 0.6) is 0 Å². The number of nitrogens with one attached hydrogen (secondary N) is 1. The minimum Gasteiger partial charge on any atom is -0.480 e. The molecule has 0 aromatic rings. The van der Waals surface area contributed by atoms with Crippen LogP contribution in [0.25, 0.3) is 0 Å². The quantitative estimate of drug-likeness (QED) is 0.658. The van der Waals surface area contributed by atoms with E-state index in [1.807, 2.05) is 0 Å². The van der Waals surface area contributed by atoms with Gasteiger partial charge >= 0.3 is 5.97 Å². The summed E-state index contributed by atoms with van der Waals surface area (Å²) in [6.45, 7) is 2.90. The van der Waals surface area contributed by atoms with E-state index in [1.165, 1.54) is 6.92 Å². The van der Waals surface area contributed by atoms with E-state index in [4.69, 9.17) is 5.11 Å². The highest BCUT2D eigenvalue weighted by Crippen LogP contribution is 2.18. The Morgan fingerprint density at radius 3 is 2.20 bits per heavy atom. The zero-order valence-electron chi connectivity index (χ0n) is 11.4. The van der Waals surface area contributed by atoms with Crippen molar-refractivity contribution in [3.8, 4) is 0 Å². The van der Waals surface area contributed by atoms with E-state index < -0.39 is 31.3 Å². The van der Waals surface area contributed by atoms with Crippen LogP contribution in [0.3, 0.4) is 0 Å². The summed E-state index contributed by atoms with van der Waals surface area (Å²) in [4.78, 5) is 10.8. The summed E-state index contributed by atoms with van der Waals surface area (Å²) in [7, 11) is -7.19. The van der Waals surface area contributed by atoms with E-state index in [-0.39, 0.29) is 24.9 Å². The molecule has 0 saturated carbocycles. The molecule has 8 nitrogen and oxygen atoms in total. The molecule has 0 radical (unpaired) electrons. The van der Waals surface area contributed by atoms with Crippen LogP contribution in [0, 0.1) is 0 Å². The Morgan fingerprint density at radius 2 is 1.80 bits per heavy atom. The summed E-state index contributed by atoms with van der Waals surface area (Å²) in [6, 6.07) is -0.300. The molecule has 1 atom stereocenters. The first kappa shape index (κ1) is 17.3. The summed E-state index contributed by atoms with van der Waals surface area (Å²) in [5.41, 5.74) is 0. The Kier molecular flexibility index (Phi) is 5.53. The average molecular weight is 328 g/mol. The number of carbonyl (C=O) groups is 1. The van der Waals surface area contributed by atoms with Crippen LogP contribution < -0.4 is 4.72 Å². The fraction of sp³-hybridized carbons (Fsp3) is 0.900. The van der Waals surface area contributed by atoms with Gasteiger partial charge in [-0.15, -0.1) is 0 Å². The smallest absolute Gasteiger partial charge is 0.323 e. The predicted octanol–water partition coefficient (Wildman–Crippen LogP) is -0.807. The van der Waals surface area contributed by atoms with Gasteiger partial charge in [0.15, 0.2) is 5.25 Å². The van der Waals surface area contributed by atoms with Crippen molar-refractivity contribution in [2.75, 3.05) is 18.8 Å². The molecular formula is C10H20N2O6S2. The number of carboxylic acid groups (broad SMARTS) is 1. The molecule has 1 heterocycles. The fourth-order valence-electron chi connectivity index (χ4n) is 1.92. The standard InChI is InChI=1S/C10H20N2O6S2/c1-3-19(15,16)11-9-4-6-12(7-5-9)20(17,18)8(2)10(13)14/h8-9,11H,3-7H2,1-2H3,(H,13,14). The van der Waals surface area contributed by atoms with Crippen LogP contribution in [0.1, 0.15) is 26.7 Å². The fourth-order valence-corrected chi connectivity index (χ4v) is 4.25. The third-order valence-electron chi connectivity index (χ3n) is 3.33. The average Bonchev–Trinajstić information content (AvgIpc) is 2.38. The topological polar surface area (TPSA) is 121 Å². The minimum absolute atomic E-state index is 0.0262. The summed E-state index contributed by atoms with van der Waals surface area (Å²) in [5.74, 6) is -1.42. The molecule has 0 bridgehead atoms. The van der Waals surface area contributed by atoms with Crippen molar-refractivity contribution < 1.29 is 26.7 Å². The SMILES string of the molecule is CCS(=O)(=O)NC1CCN(S(=O)(=O)C(C)C(=O)O)CC1. The number of hydrogen-bond donors (Lipinski definition) is 2. The number of piperidine rings is 1. The normalized spacial score (nSPS) is 20.7. The molecule has 1 aliphatic rings. The van der Waals surface area contributed by atoms with E-state index in [9.17, 15) is 21.6 Å². The van der Waals surface area contributed by atoms with Gasteiger partial charge in [-0.05, 0) is 26.7 Å². The molecule has 20 heavy (non-hydrogen) atoms. The van der Waals surface area contributed by atoms with Gasteiger partial charge in [-0.1, -0.05) is 0 Å². The largest absolute Gasteiger partial charge is 0.480 e. The Labute approximate surface area is 119 Å². The van der Waals surface area contributed by atoms with Crippen molar-refractivity contribution in [2.24, 2.45) is 0 Å². The number of sulfonamides is 2. The lowest BCUT2D eigenvalue weighted by Crippen LogP contribution is -2.49. The second-order valence-electron chi connectivity index (χ2n) is 4.72. The minimum atomic E-state index is -3.88. The molecule has 1 rings (SSSR count). The lowest BCUT2D eigenvalue weighted by atomic mass is 10.1. The van der Waals surface area contributed by atoms with Crippen molar-refractivity contribution in [2.45, 2.75) is 38.0 Å². The number of nitrogens with zero attached hydrogens (tertiary/aromatic N) is 1. The maximum absolute atomic E-state index is 12.0. The van der Waals surface area contributed by atoms with Gasteiger partial charge in [0.05, 0.1) is 5.75 Å². The molecule has 10 heteroatoms. The molecule has 0 aromatic heterocycles. The first-order valence-electron chi connectivity index (χ1n) is 6.32. The van der Waals surface area contributed by atoms with Crippen LogP contribution in [-0.4, -0.2) is 62.4 Å². The van der Waals surface area contributed by atoms with Gasteiger partial charge in [0, 0.05) is 19.1 Å². The molecule has 0 aliphatic carbocycles. The Morgan fingerprint density at radius 1 is 1.30 bits per heavy atom. The monoisotopic (exact) mass is 328 g/mol.